The Morgan fingerprint density at radius 1 is 1.22 bits per heavy atom. The van der Waals surface area contributed by atoms with Crippen molar-refractivity contribution in [2.24, 2.45) is 0 Å². The lowest BCUT2D eigenvalue weighted by atomic mass is 10.2. The lowest BCUT2D eigenvalue weighted by Crippen LogP contribution is -2.47. The Hall–Kier alpha value is -2.26. The van der Waals surface area contributed by atoms with Crippen LogP contribution in [0.2, 0.25) is 0 Å². The van der Waals surface area contributed by atoms with Gasteiger partial charge in [-0.1, -0.05) is 0 Å². The lowest BCUT2D eigenvalue weighted by molar-refractivity contribution is 0.121. The van der Waals surface area contributed by atoms with Gasteiger partial charge in [-0.25, -0.2) is 4.79 Å². The van der Waals surface area contributed by atoms with Gasteiger partial charge in [0.15, 0.2) is 0 Å². The summed E-state index contributed by atoms with van der Waals surface area (Å²) in [7, 11) is 1.78. The number of nitriles is 1. The van der Waals surface area contributed by atoms with Gasteiger partial charge in [-0.15, -0.1) is 0 Å². The molecule has 0 N–H and O–H groups in total. The minimum Gasteiger partial charge on any atom is -0.444 e. The summed E-state index contributed by atoms with van der Waals surface area (Å²) in [5.74, 6) is 0. The molecule has 0 spiro atoms. The third-order valence-corrected chi connectivity index (χ3v) is 4.56. The molecule has 1 aromatic carbocycles. The summed E-state index contributed by atoms with van der Waals surface area (Å²) < 4.78 is 5.30. The van der Waals surface area contributed by atoms with E-state index in [-0.39, 0.29) is 12.2 Å². The number of amides is 1. The van der Waals surface area contributed by atoms with Gasteiger partial charge >= 0.3 is 6.09 Å². The molecule has 1 amide bonds. The van der Waals surface area contributed by atoms with Gasteiger partial charge in [-0.05, 0) is 30.7 Å². The number of hydrogen-bond acceptors (Lipinski definition) is 5. The average molecular weight is 314 g/mol. The predicted molar refractivity (Wildman–Crippen MR) is 87.3 cm³/mol. The average Bonchev–Trinajstić information content (AvgIpc) is 2.92. The van der Waals surface area contributed by atoms with Crippen LogP contribution < -0.4 is 4.90 Å². The number of cyclic esters (lactones) is 1. The van der Waals surface area contributed by atoms with Gasteiger partial charge in [0.05, 0.1) is 18.2 Å². The van der Waals surface area contributed by atoms with Gasteiger partial charge < -0.3 is 14.5 Å². The van der Waals surface area contributed by atoms with Gasteiger partial charge in [-0.2, -0.15) is 5.26 Å². The second kappa shape index (κ2) is 6.88. The summed E-state index contributed by atoms with van der Waals surface area (Å²) in [5, 5.41) is 8.85. The number of benzene rings is 1. The van der Waals surface area contributed by atoms with E-state index >= 15 is 0 Å². The Kier molecular flexibility index (Phi) is 4.68. The monoisotopic (exact) mass is 314 g/mol. The summed E-state index contributed by atoms with van der Waals surface area (Å²) in [5.41, 5.74) is 1.87. The second-order valence-corrected chi connectivity index (χ2v) is 6.16. The van der Waals surface area contributed by atoms with Crippen LogP contribution in [0, 0.1) is 11.3 Å². The molecular formula is C17H22N4O2. The van der Waals surface area contributed by atoms with Crippen LogP contribution in [-0.2, 0) is 4.74 Å². The highest BCUT2D eigenvalue weighted by molar-refractivity contribution is 5.69. The largest absolute Gasteiger partial charge is 0.444 e. The van der Waals surface area contributed by atoms with E-state index in [9.17, 15) is 4.79 Å². The van der Waals surface area contributed by atoms with E-state index in [1.165, 1.54) is 5.69 Å². The van der Waals surface area contributed by atoms with Gasteiger partial charge in [0.25, 0.3) is 0 Å². The molecule has 6 heteroatoms. The molecule has 2 heterocycles. The van der Waals surface area contributed by atoms with E-state index in [2.05, 4.69) is 15.9 Å². The molecule has 122 valence electrons. The molecule has 3 rings (SSSR count). The number of likely N-dealkylation sites (N-methyl/N-ethyl adjacent to an activating group) is 1. The molecule has 2 aliphatic heterocycles. The van der Waals surface area contributed by atoms with Crippen molar-refractivity contribution in [3.05, 3.63) is 29.8 Å². The SMILES string of the molecule is CN1CC(CCN2CCN(c3ccc(C#N)cc3)CC2)OC1=O. The summed E-state index contributed by atoms with van der Waals surface area (Å²) in [4.78, 5) is 17.7. The standard InChI is InChI=1S/C17H22N4O2/c1-19-13-16(23-17(19)22)6-7-20-8-10-21(11-9-20)15-4-2-14(12-18)3-5-15/h2-5,16H,6-11,13H2,1H3. The van der Waals surface area contributed by atoms with E-state index in [1.807, 2.05) is 24.3 Å². The zero-order valence-electron chi connectivity index (χ0n) is 13.4. The van der Waals surface area contributed by atoms with Gasteiger partial charge in [0.2, 0.25) is 0 Å². The maximum atomic E-state index is 11.3. The van der Waals surface area contributed by atoms with E-state index < -0.39 is 0 Å². The molecule has 23 heavy (non-hydrogen) atoms. The summed E-state index contributed by atoms with van der Waals surface area (Å²) >= 11 is 0. The molecule has 0 radical (unpaired) electrons. The smallest absolute Gasteiger partial charge is 0.409 e. The third-order valence-electron chi connectivity index (χ3n) is 4.56. The van der Waals surface area contributed by atoms with E-state index in [4.69, 9.17) is 10.00 Å². The quantitative estimate of drug-likeness (QED) is 0.843. The van der Waals surface area contributed by atoms with E-state index in [0.717, 1.165) is 39.1 Å². The highest BCUT2D eigenvalue weighted by atomic mass is 16.6. The Bertz CT molecular complexity index is 588. The van der Waals surface area contributed by atoms with Crippen molar-refractivity contribution in [1.82, 2.24) is 9.80 Å². The fourth-order valence-corrected chi connectivity index (χ4v) is 3.10. The number of carbonyl (C=O) groups is 1. The Morgan fingerprint density at radius 2 is 1.91 bits per heavy atom. The first kappa shape index (κ1) is 15.6. The van der Waals surface area contributed by atoms with Gasteiger partial charge in [-0.3, -0.25) is 4.90 Å². The number of rotatable bonds is 4. The highest BCUT2D eigenvalue weighted by Crippen LogP contribution is 2.18. The van der Waals surface area contributed by atoms with Crippen LogP contribution in [0.5, 0.6) is 0 Å². The molecule has 1 unspecified atom stereocenters. The Morgan fingerprint density at radius 3 is 2.48 bits per heavy atom. The summed E-state index contributed by atoms with van der Waals surface area (Å²) in [6, 6.07) is 9.92. The number of nitrogens with zero attached hydrogens (tertiary/aromatic N) is 4. The third kappa shape index (κ3) is 3.74. The van der Waals surface area contributed by atoms with Crippen LogP contribution in [-0.4, -0.2) is 68.3 Å². The first-order chi connectivity index (χ1) is 11.2. The number of carbonyl (C=O) groups excluding carboxylic acids is 1. The normalized spacial score (nSPS) is 22.1. The fraction of sp³-hybridized carbons (Fsp3) is 0.529. The van der Waals surface area contributed by atoms with Crippen LogP contribution in [0.25, 0.3) is 0 Å². The number of piperazine rings is 1. The summed E-state index contributed by atoms with van der Waals surface area (Å²) in [6.45, 7) is 5.65. The van der Waals surface area contributed by atoms with Crippen molar-refractivity contribution in [1.29, 1.82) is 5.26 Å². The zero-order chi connectivity index (χ0) is 16.2. The maximum absolute atomic E-state index is 11.3. The van der Waals surface area contributed by atoms with Crippen molar-refractivity contribution in [3.8, 4) is 6.07 Å². The number of hydrogen-bond donors (Lipinski definition) is 0. The van der Waals surface area contributed by atoms with Crippen molar-refractivity contribution in [2.45, 2.75) is 12.5 Å². The topological polar surface area (TPSA) is 59.8 Å². The minimum absolute atomic E-state index is 0.0315. The van der Waals surface area contributed by atoms with Crippen molar-refractivity contribution in [3.63, 3.8) is 0 Å². The van der Waals surface area contributed by atoms with Gasteiger partial charge in [0, 0.05) is 45.5 Å². The molecule has 1 aromatic rings. The first-order valence-electron chi connectivity index (χ1n) is 8.05. The molecule has 2 saturated heterocycles. The van der Waals surface area contributed by atoms with E-state index in [1.54, 1.807) is 11.9 Å². The number of ether oxygens (including phenoxy) is 1. The van der Waals surface area contributed by atoms with Crippen LogP contribution in [0.4, 0.5) is 10.5 Å². The van der Waals surface area contributed by atoms with Crippen molar-refractivity contribution in [2.75, 3.05) is 51.2 Å². The van der Waals surface area contributed by atoms with Crippen molar-refractivity contribution < 1.29 is 9.53 Å². The van der Waals surface area contributed by atoms with Crippen LogP contribution >= 0.6 is 0 Å². The molecule has 2 aliphatic rings. The lowest BCUT2D eigenvalue weighted by Gasteiger charge is -2.36. The first-order valence-corrected chi connectivity index (χ1v) is 8.05. The molecule has 0 aliphatic carbocycles. The van der Waals surface area contributed by atoms with E-state index in [0.29, 0.717) is 12.1 Å². The Labute approximate surface area is 136 Å². The molecule has 2 fully saturated rings. The Balaban J connectivity index is 1.43. The molecular weight excluding hydrogens is 292 g/mol. The second-order valence-electron chi connectivity index (χ2n) is 6.16. The molecule has 0 bridgehead atoms. The van der Waals surface area contributed by atoms with Crippen LogP contribution in [0.1, 0.15) is 12.0 Å². The highest BCUT2D eigenvalue weighted by Gasteiger charge is 2.28. The van der Waals surface area contributed by atoms with Crippen LogP contribution in [0.15, 0.2) is 24.3 Å². The zero-order valence-corrected chi connectivity index (χ0v) is 13.4. The fourth-order valence-electron chi connectivity index (χ4n) is 3.10. The molecule has 1 atom stereocenters. The van der Waals surface area contributed by atoms with Crippen molar-refractivity contribution >= 4 is 11.8 Å². The van der Waals surface area contributed by atoms with Crippen LogP contribution in [0.3, 0.4) is 0 Å². The summed E-state index contributed by atoms with van der Waals surface area (Å²) in [6.07, 6.45) is 0.720. The maximum Gasteiger partial charge on any atom is 0.409 e. The predicted octanol–water partition coefficient (Wildman–Crippen LogP) is 1.52. The molecule has 6 nitrogen and oxygen atoms in total. The number of anilines is 1. The van der Waals surface area contributed by atoms with Gasteiger partial charge in [0.1, 0.15) is 6.10 Å². The molecule has 0 saturated carbocycles. The molecule has 0 aromatic heterocycles. The minimum atomic E-state index is -0.208.